The number of hydrogen-bond donors (Lipinski definition) is 2. The third-order valence-electron chi connectivity index (χ3n) is 5.93. The van der Waals surface area contributed by atoms with Crippen molar-refractivity contribution in [1.82, 2.24) is 5.32 Å². The number of thioether (sulfide) groups is 1. The highest BCUT2D eigenvalue weighted by Crippen LogP contribution is 2.25. The van der Waals surface area contributed by atoms with E-state index in [0.29, 0.717) is 12.0 Å². The number of thiophene rings is 1. The van der Waals surface area contributed by atoms with Gasteiger partial charge in [-0.15, -0.1) is 11.3 Å². The summed E-state index contributed by atoms with van der Waals surface area (Å²) < 4.78 is 0. The number of benzene rings is 3. The normalized spacial score (nSPS) is 12.4. The Bertz CT molecular complexity index is 1310. The van der Waals surface area contributed by atoms with Gasteiger partial charge in [-0.3, -0.25) is 9.59 Å². The summed E-state index contributed by atoms with van der Waals surface area (Å²) in [6.45, 7) is 0. The lowest BCUT2D eigenvalue weighted by molar-refractivity contribution is -0.142. The smallest absolute Gasteiger partial charge is 0.326 e. The van der Waals surface area contributed by atoms with E-state index >= 15 is 0 Å². The van der Waals surface area contributed by atoms with Gasteiger partial charge in [-0.1, -0.05) is 103 Å². The van der Waals surface area contributed by atoms with Crippen molar-refractivity contribution in [2.45, 2.75) is 18.9 Å². The van der Waals surface area contributed by atoms with Gasteiger partial charge < -0.3 is 10.4 Å². The van der Waals surface area contributed by atoms with Crippen LogP contribution >= 0.6 is 23.1 Å². The van der Waals surface area contributed by atoms with E-state index in [4.69, 9.17) is 0 Å². The summed E-state index contributed by atoms with van der Waals surface area (Å²) in [5, 5.41) is 14.5. The van der Waals surface area contributed by atoms with Crippen molar-refractivity contribution in [2.75, 3.05) is 5.75 Å². The zero-order valence-electron chi connectivity index (χ0n) is 20.1. The second-order valence-electron chi connectivity index (χ2n) is 8.63. The number of carbonyl (C=O) groups excluding carboxylic acids is 2. The molecule has 4 aromatic rings. The van der Waals surface area contributed by atoms with Crippen LogP contribution < -0.4 is 5.32 Å². The zero-order chi connectivity index (χ0) is 26.0. The van der Waals surface area contributed by atoms with Gasteiger partial charge in [0.05, 0.1) is 5.92 Å². The van der Waals surface area contributed by atoms with E-state index in [9.17, 15) is 19.5 Å². The summed E-state index contributed by atoms with van der Waals surface area (Å²) in [6, 6.07) is 29.1. The first kappa shape index (κ1) is 26.4. The lowest BCUT2D eigenvalue weighted by Crippen LogP contribution is -2.46. The van der Waals surface area contributed by atoms with Crippen molar-refractivity contribution in [3.63, 3.8) is 0 Å². The number of carbonyl (C=O) groups is 3. The highest BCUT2D eigenvalue weighted by Gasteiger charge is 2.27. The summed E-state index contributed by atoms with van der Waals surface area (Å²) in [6.07, 6.45) is 0.573. The van der Waals surface area contributed by atoms with Crippen LogP contribution in [-0.2, 0) is 22.4 Å². The lowest BCUT2D eigenvalue weighted by atomic mass is 9.98. The molecule has 0 fully saturated rings. The summed E-state index contributed by atoms with van der Waals surface area (Å²) >= 11 is 2.72. The summed E-state index contributed by atoms with van der Waals surface area (Å²) in [5.41, 5.74) is 3.41. The van der Waals surface area contributed by atoms with Crippen molar-refractivity contribution in [3.05, 3.63) is 119 Å². The molecular formula is C30H27NO4S2. The molecule has 0 radical (unpaired) electrons. The second-order valence-corrected chi connectivity index (χ2v) is 10.6. The Labute approximate surface area is 224 Å². The highest BCUT2D eigenvalue weighted by molar-refractivity contribution is 8.14. The number of aliphatic carboxylic acids is 1. The van der Waals surface area contributed by atoms with Gasteiger partial charge in [-0.2, -0.15) is 0 Å². The van der Waals surface area contributed by atoms with Crippen LogP contribution in [0, 0.1) is 5.92 Å². The fourth-order valence-electron chi connectivity index (χ4n) is 3.93. The van der Waals surface area contributed by atoms with Gasteiger partial charge in [0.2, 0.25) is 11.0 Å². The van der Waals surface area contributed by atoms with E-state index in [1.54, 1.807) is 35.6 Å². The van der Waals surface area contributed by atoms with Gasteiger partial charge in [0.1, 0.15) is 6.04 Å². The number of nitrogens with one attached hydrogen (secondary N) is 1. The molecule has 0 bridgehead atoms. The average molecular weight is 530 g/mol. The first-order chi connectivity index (χ1) is 18.0. The Morgan fingerprint density at radius 2 is 1.43 bits per heavy atom. The van der Waals surface area contributed by atoms with Crippen LogP contribution in [0.1, 0.15) is 21.5 Å². The third kappa shape index (κ3) is 7.65. The monoisotopic (exact) mass is 529 g/mol. The molecule has 5 nitrogen and oxygen atoms in total. The van der Waals surface area contributed by atoms with Crippen molar-refractivity contribution >= 4 is 40.1 Å². The molecule has 188 valence electrons. The Kier molecular flexibility index (Phi) is 9.29. The SMILES string of the molecule is O=C(SC[C@@H](Cc1ccccc1)C(=O)N[C@@H](Cc1ccc(-c2cccs2)cc1)C(=O)O)c1ccccc1. The molecule has 0 aliphatic rings. The molecule has 0 aliphatic heterocycles. The topological polar surface area (TPSA) is 83.5 Å². The minimum absolute atomic E-state index is 0.118. The van der Waals surface area contributed by atoms with Gasteiger partial charge in [0.25, 0.3) is 0 Å². The lowest BCUT2D eigenvalue weighted by Gasteiger charge is -2.20. The molecule has 2 atom stereocenters. The summed E-state index contributed by atoms with van der Waals surface area (Å²) in [4.78, 5) is 39.2. The van der Waals surface area contributed by atoms with E-state index in [0.717, 1.165) is 33.3 Å². The minimum Gasteiger partial charge on any atom is -0.480 e. The van der Waals surface area contributed by atoms with Gasteiger partial charge >= 0.3 is 5.97 Å². The van der Waals surface area contributed by atoms with Crippen molar-refractivity contribution < 1.29 is 19.5 Å². The molecule has 0 spiro atoms. The molecule has 0 saturated carbocycles. The number of rotatable bonds is 11. The Hall–Kier alpha value is -3.68. The third-order valence-corrected chi connectivity index (χ3v) is 7.92. The number of hydrogen-bond acceptors (Lipinski definition) is 5. The van der Waals surface area contributed by atoms with E-state index in [1.807, 2.05) is 78.2 Å². The van der Waals surface area contributed by atoms with Crippen molar-refractivity contribution in [1.29, 1.82) is 0 Å². The van der Waals surface area contributed by atoms with Gasteiger partial charge in [-0.25, -0.2) is 4.79 Å². The summed E-state index contributed by atoms with van der Waals surface area (Å²) in [7, 11) is 0. The van der Waals surface area contributed by atoms with Gasteiger partial charge in [-0.05, 0) is 34.6 Å². The standard InChI is InChI=1S/C30H27NO4S2/c32-28(31-26(29(33)34)19-22-13-15-23(16-14-22)27-12-7-17-36-27)25(18-21-8-3-1-4-9-21)20-37-30(35)24-10-5-2-6-11-24/h1-17,25-26H,18-20H2,(H,31,32)(H,33,34)/t25-,26+/m1/s1. The Morgan fingerprint density at radius 1 is 0.784 bits per heavy atom. The van der Waals surface area contributed by atoms with Crippen LogP contribution in [0.2, 0.25) is 0 Å². The van der Waals surface area contributed by atoms with E-state index < -0.39 is 17.9 Å². The Balaban J connectivity index is 1.44. The number of carboxylic acids is 1. The maximum absolute atomic E-state index is 13.3. The molecular weight excluding hydrogens is 502 g/mol. The maximum atomic E-state index is 13.3. The summed E-state index contributed by atoms with van der Waals surface area (Å²) in [5.74, 6) is -1.79. The predicted molar refractivity (Wildman–Crippen MR) is 150 cm³/mol. The number of carboxylic acid groups (broad SMARTS) is 1. The van der Waals surface area contributed by atoms with Crippen LogP contribution in [0.4, 0.5) is 0 Å². The quantitative estimate of drug-likeness (QED) is 0.251. The fraction of sp³-hybridized carbons (Fsp3) is 0.167. The minimum atomic E-state index is -1.10. The largest absolute Gasteiger partial charge is 0.480 e. The van der Waals surface area contributed by atoms with E-state index in [2.05, 4.69) is 5.32 Å². The maximum Gasteiger partial charge on any atom is 0.326 e. The second kappa shape index (κ2) is 13.0. The first-order valence-corrected chi connectivity index (χ1v) is 13.8. The van der Waals surface area contributed by atoms with Gasteiger partial charge in [0.15, 0.2) is 0 Å². The zero-order valence-corrected chi connectivity index (χ0v) is 21.7. The number of amides is 1. The molecule has 7 heteroatoms. The molecule has 1 aromatic heterocycles. The van der Waals surface area contributed by atoms with E-state index in [-0.39, 0.29) is 23.2 Å². The van der Waals surface area contributed by atoms with Crippen LogP contribution in [0.15, 0.2) is 102 Å². The average Bonchev–Trinajstić information content (AvgIpc) is 3.47. The molecule has 1 heterocycles. The van der Waals surface area contributed by atoms with Crippen molar-refractivity contribution in [2.24, 2.45) is 5.92 Å². The molecule has 4 rings (SSSR count). The molecule has 2 N–H and O–H groups in total. The van der Waals surface area contributed by atoms with Crippen LogP contribution in [-0.4, -0.2) is 33.9 Å². The molecule has 37 heavy (non-hydrogen) atoms. The predicted octanol–water partition coefficient (Wildman–Crippen LogP) is 5.96. The van der Waals surface area contributed by atoms with Crippen molar-refractivity contribution in [3.8, 4) is 10.4 Å². The van der Waals surface area contributed by atoms with Crippen LogP contribution in [0.25, 0.3) is 10.4 Å². The first-order valence-electron chi connectivity index (χ1n) is 11.9. The van der Waals surface area contributed by atoms with Crippen LogP contribution in [0.5, 0.6) is 0 Å². The van der Waals surface area contributed by atoms with E-state index in [1.165, 1.54) is 0 Å². The van der Waals surface area contributed by atoms with Gasteiger partial charge in [0, 0.05) is 22.6 Å². The van der Waals surface area contributed by atoms with Crippen LogP contribution in [0.3, 0.4) is 0 Å². The highest BCUT2D eigenvalue weighted by atomic mass is 32.2. The molecule has 0 unspecified atom stereocenters. The molecule has 1 amide bonds. The fourth-order valence-corrected chi connectivity index (χ4v) is 5.59. The molecule has 3 aromatic carbocycles. The molecule has 0 saturated heterocycles. The molecule has 0 aliphatic carbocycles. The Morgan fingerprint density at radius 3 is 2.05 bits per heavy atom.